The van der Waals surface area contributed by atoms with Gasteiger partial charge >= 0.3 is 6.18 Å². The summed E-state index contributed by atoms with van der Waals surface area (Å²) in [5.41, 5.74) is 1.92. The number of carbonyl (C=O) groups excluding carboxylic acids is 1. The zero-order valence-electron chi connectivity index (χ0n) is 18.8. The van der Waals surface area contributed by atoms with Crippen molar-refractivity contribution < 1.29 is 27.1 Å². The van der Waals surface area contributed by atoms with Crippen LogP contribution in [0, 0.1) is 5.82 Å². The molecule has 2 N–H and O–H groups in total. The summed E-state index contributed by atoms with van der Waals surface area (Å²) in [7, 11) is 0. The lowest BCUT2D eigenvalue weighted by Crippen LogP contribution is -2.47. The molecule has 1 fully saturated rings. The van der Waals surface area contributed by atoms with E-state index in [1.807, 2.05) is 12.1 Å². The number of fused-ring (bicyclic) bond motifs is 1. The first kappa shape index (κ1) is 23.9. The second-order valence-corrected chi connectivity index (χ2v) is 8.46. The third-order valence-corrected chi connectivity index (χ3v) is 5.99. The zero-order chi connectivity index (χ0) is 25.3. The molecule has 0 bridgehead atoms. The number of aromatic nitrogens is 3. The van der Waals surface area contributed by atoms with Crippen LogP contribution in [-0.4, -0.2) is 51.8 Å². The van der Waals surface area contributed by atoms with E-state index >= 15 is 0 Å². The molecule has 1 saturated heterocycles. The van der Waals surface area contributed by atoms with E-state index in [1.54, 1.807) is 35.5 Å². The number of benzene rings is 2. The Labute approximate surface area is 203 Å². The van der Waals surface area contributed by atoms with E-state index in [0.29, 0.717) is 24.0 Å². The van der Waals surface area contributed by atoms with Gasteiger partial charge < -0.3 is 10.1 Å². The summed E-state index contributed by atoms with van der Waals surface area (Å²) in [6.07, 6.45) is -2.10. The van der Waals surface area contributed by atoms with Crippen molar-refractivity contribution in [2.75, 3.05) is 25.0 Å². The summed E-state index contributed by atoms with van der Waals surface area (Å²) in [4.78, 5) is 18.6. The molecule has 0 spiro atoms. The molecule has 36 heavy (non-hydrogen) atoms. The molecule has 0 saturated carbocycles. The quantitative estimate of drug-likeness (QED) is 0.392. The van der Waals surface area contributed by atoms with E-state index in [9.17, 15) is 22.4 Å². The summed E-state index contributed by atoms with van der Waals surface area (Å²) < 4.78 is 58.9. The first-order chi connectivity index (χ1) is 17.3. The van der Waals surface area contributed by atoms with Crippen molar-refractivity contribution in [2.45, 2.75) is 18.8 Å². The molecule has 1 unspecified atom stereocenters. The van der Waals surface area contributed by atoms with Gasteiger partial charge in [-0.15, -0.1) is 0 Å². The Balaban J connectivity index is 1.28. The van der Waals surface area contributed by atoms with Gasteiger partial charge in [-0.25, -0.2) is 4.39 Å². The number of morpholine rings is 1. The number of anilines is 1. The highest BCUT2D eigenvalue weighted by Gasteiger charge is 2.32. The molecule has 11 heteroatoms. The van der Waals surface area contributed by atoms with Gasteiger partial charge in [0.25, 0.3) is 5.91 Å². The van der Waals surface area contributed by atoms with Crippen LogP contribution >= 0.6 is 0 Å². The van der Waals surface area contributed by atoms with E-state index in [-0.39, 0.29) is 25.3 Å². The summed E-state index contributed by atoms with van der Waals surface area (Å²) in [5.74, 6) is -1.13. The predicted octanol–water partition coefficient (Wildman–Crippen LogP) is 4.62. The standard InChI is InChI=1S/C25H21F4N5O2/c26-20-3-1-17(25(27,28)29)11-16(20)13-34-9-10-36-22(14-34)24(35)31-18-2-4-21-19(12-18)23(33-32-21)15-5-7-30-8-6-15/h1-8,11-12,22H,9-10,13-14H2,(H,31,35)(H,32,33). The van der Waals surface area contributed by atoms with Crippen LogP contribution in [0.1, 0.15) is 11.1 Å². The summed E-state index contributed by atoms with van der Waals surface area (Å²) in [5, 5.41) is 11.0. The number of alkyl halides is 3. The first-order valence-corrected chi connectivity index (χ1v) is 11.2. The number of nitrogens with zero attached hydrogens (tertiary/aromatic N) is 3. The van der Waals surface area contributed by atoms with Crippen molar-refractivity contribution in [3.05, 3.63) is 77.9 Å². The van der Waals surface area contributed by atoms with Gasteiger partial charge in [0.05, 0.1) is 17.7 Å². The van der Waals surface area contributed by atoms with Crippen LogP contribution in [0.5, 0.6) is 0 Å². The van der Waals surface area contributed by atoms with Crippen LogP contribution < -0.4 is 5.32 Å². The van der Waals surface area contributed by atoms with E-state index in [4.69, 9.17) is 4.74 Å². The number of pyridine rings is 1. The molecule has 7 nitrogen and oxygen atoms in total. The maximum atomic E-state index is 14.2. The molecule has 0 radical (unpaired) electrons. The minimum absolute atomic E-state index is 0.0703. The third-order valence-electron chi connectivity index (χ3n) is 5.99. The summed E-state index contributed by atoms with van der Waals surface area (Å²) in [6.45, 7) is 0.582. The zero-order valence-corrected chi connectivity index (χ0v) is 18.8. The highest BCUT2D eigenvalue weighted by molar-refractivity contribution is 5.99. The lowest BCUT2D eigenvalue weighted by atomic mass is 10.1. The second kappa shape index (κ2) is 9.67. The number of rotatable bonds is 5. The van der Waals surface area contributed by atoms with Crippen molar-refractivity contribution in [1.29, 1.82) is 0 Å². The smallest absolute Gasteiger partial charge is 0.366 e. The van der Waals surface area contributed by atoms with Crippen LogP contribution in [0.4, 0.5) is 23.2 Å². The summed E-state index contributed by atoms with van der Waals surface area (Å²) >= 11 is 0. The topological polar surface area (TPSA) is 83.1 Å². The van der Waals surface area contributed by atoms with Gasteiger partial charge in [0.2, 0.25) is 0 Å². The summed E-state index contributed by atoms with van der Waals surface area (Å²) in [6, 6.07) is 11.3. The highest BCUT2D eigenvalue weighted by Crippen LogP contribution is 2.31. The highest BCUT2D eigenvalue weighted by atomic mass is 19.4. The number of H-pyrrole nitrogens is 1. The Morgan fingerprint density at radius 2 is 1.94 bits per heavy atom. The molecular formula is C25H21F4N5O2. The monoisotopic (exact) mass is 499 g/mol. The molecule has 2 aromatic heterocycles. The van der Waals surface area contributed by atoms with E-state index in [2.05, 4.69) is 20.5 Å². The molecule has 1 aliphatic heterocycles. The average molecular weight is 499 g/mol. The lowest BCUT2D eigenvalue weighted by molar-refractivity contribution is -0.137. The van der Waals surface area contributed by atoms with Gasteiger partial charge in [-0.1, -0.05) is 0 Å². The molecule has 1 atom stereocenters. The Hall–Kier alpha value is -3.83. The molecular weight excluding hydrogens is 478 g/mol. The van der Waals surface area contributed by atoms with Crippen molar-refractivity contribution in [2.24, 2.45) is 0 Å². The molecule has 1 amide bonds. The van der Waals surface area contributed by atoms with E-state index in [1.165, 1.54) is 0 Å². The lowest BCUT2D eigenvalue weighted by Gasteiger charge is -2.32. The van der Waals surface area contributed by atoms with Crippen LogP contribution in [0.15, 0.2) is 60.9 Å². The minimum Gasteiger partial charge on any atom is -0.366 e. The van der Waals surface area contributed by atoms with Crippen molar-refractivity contribution in [1.82, 2.24) is 20.1 Å². The molecule has 1 aliphatic rings. The molecule has 186 valence electrons. The fraction of sp³-hybridized carbons (Fsp3) is 0.240. The van der Waals surface area contributed by atoms with E-state index < -0.39 is 29.6 Å². The molecule has 2 aromatic carbocycles. The van der Waals surface area contributed by atoms with Gasteiger partial charge in [0.1, 0.15) is 17.6 Å². The number of aromatic amines is 1. The fourth-order valence-electron chi connectivity index (χ4n) is 4.16. The van der Waals surface area contributed by atoms with Crippen LogP contribution in [0.3, 0.4) is 0 Å². The molecule has 4 aromatic rings. The van der Waals surface area contributed by atoms with Gasteiger partial charge in [-0.3, -0.25) is 19.8 Å². The number of amides is 1. The number of hydrogen-bond donors (Lipinski definition) is 2. The Kier molecular flexibility index (Phi) is 6.42. The first-order valence-electron chi connectivity index (χ1n) is 11.2. The molecule has 3 heterocycles. The van der Waals surface area contributed by atoms with Crippen molar-refractivity contribution >= 4 is 22.5 Å². The average Bonchev–Trinajstić information content (AvgIpc) is 3.29. The van der Waals surface area contributed by atoms with Crippen LogP contribution in [0.25, 0.3) is 22.2 Å². The number of halogens is 4. The maximum Gasteiger partial charge on any atom is 0.416 e. The van der Waals surface area contributed by atoms with Gasteiger partial charge in [-0.05, 0) is 48.5 Å². The third kappa shape index (κ3) is 5.07. The minimum atomic E-state index is -4.57. The SMILES string of the molecule is O=C(Nc1ccc2[nH]nc(-c3ccncc3)c2c1)C1CN(Cc2cc(C(F)(F)F)ccc2F)CCO1. The van der Waals surface area contributed by atoms with Gasteiger partial charge in [0, 0.05) is 54.2 Å². The van der Waals surface area contributed by atoms with Gasteiger partial charge in [-0.2, -0.15) is 18.3 Å². The Morgan fingerprint density at radius 1 is 1.14 bits per heavy atom. The van der Waals surface area contributed by atoms with Crippen LogP contribution in [-0.2, 0) is 22.3 Å². The number of nitrogens with one attached hydrogen (secondary N) is 2. The van der Waals surface area contributed by atoms with Crippen molar-refractivity contribution in [3.8, 4) is 11.3 Å². The Bertz CT molecular complexity index is 1390. The van der Waals surface area contributed by atoms with Crippen LogP contribution in [0.2, 0.25) is 0 Å². The second-order valence-electron chi connectivity index (χ2n) is 8.46. The fourth-order valence-corrected chi connectivity index (χ4v) is 4.16. The molecule has 0 aliphatic carbocycles. The maximum absolute atomic E-state index is 14.2. The normalized spacial score (nSPS) is 16.8. The predicted molar refractivity (Wildman–Crippen MR) is 124 cm³/mol. The van der Waals surface area contributed by atoms with E-state index in [0.717, 1.165) is 28.6 Å². The number of carbonyl (C=O) groups is 1. The number of hydrogen-bond acceptors (Lipinski definition) is 5. The number of ether oxygens (including phenoxy) is 1. The Morgan fingerprint density at radius 3 is 2.72 bits per heavy atom. The van der Waals surface area contributed by atoms with Gasteiger partial charge in [0.15, 0.2) is 0 Å². The molecule has 5 rings (SSSR count). The van der Waals surface area contributed by atoms with Crippen molar-refractivity contribution in [3.63, 3.8) is 0 Å². The largest absolute Gasteiger partial charge is 0.416 e.